The van der Waals surface area contributed by atoms with Gasteiger partial charge in [0.05, 0.1) is 12.2 Å². The quantitative estimate of drug-likeness (QED) is 0.616. The Labute approximate surface area is 171 Å². The Hall–Kier alpha value is -1.01. The van der Waals surface area contributed by atoms with E-state index >= 15 is 0 Å². The molecule has 1 aliphatic rings. The zero-order valence-electron chi connectivity index (χ0n) is 18.6. The molecule has 1 N–H and O–H groups in total. The highest BCUT2D eigenvalue weighted by atomic mass is 28.4. The minimum absolute atomic E-state index is 0.0452. The van der Waals surface area contributed by atoms with E-state index in [2.05, 4.69) is 48.5 Å². The van der Waals surface area contributed by atoms with Crippen molar-refractivity contribution in [1.29, 1.82) is 0 Å². The summed E-state index contributed by atoms with van der Waals surface area (Å²) in [6, 6.07) is 9.37. The van der Waals surface area contributed by atoms with Crippen molar-refractivity contribution < 1.29 is 18.8 Å². The van der Waals surface area contributed by atoms with Gasteiger partial charge in [0.15, 0.2) is 0 Å². The van der Waals surface area contributed by atoms with Crippen molar-refractivity contribution in [3.05, 3.63) is 35.9 Å². The van der Waals surface area contributed by atoms with E-state index in [9.17, 15) is 9.90 Å². The lowest BCUT2D eigenvalue weighted by atomic mass is 9.99. The Morgan fingerprint density at radius 3 is 2.11 bits per heavy atom. The molecule has 5 heteroatoms. The molecule has 158 valence electrons. The molecule has 0 aromatic heterocycles. The van der Waals surface area contributed by atoms with Crippen molar-refractivity contribution in [1.82, 2.24) is 0 Å². The standard InChI is InChI=1S/C23H38O4Si/c1-8-19-16-20(27-28(26-19,22(2,3)4)23(5,6)7)14-18(24)15-21(25)17-12-10-9-11-13-17/h9-13,19-21,25H,8,14-16H2,1-7H3/t19-,20-,21-/m1/s1. The molecule has 0 unspecified atom stereocenters. The highest BCUT2D eigenvalue weighted by Crippen LogP contribution is 2.55. The molecule has 1 aromatic rings. The van der Waals surface area contributed by atoms with Gasteiger partial charge in [-0.25, -0.2) is 0 Å². The van der Waals surface area contributed by atoms with Gasteiger partial charge in [0.2, 0.25) is 0 Å². The molecule has 0 bridgehead atoms. The highest BCUT2D eigenvalue weighted by molar-refractivity contribution is 6.73. The van der Waals surface area contributed by atoms with Crippen LogP contribution in [0.5, 0.6) is 0 Å². The fourth-order valence-corrected chi connectivity index (χ4v) is 9.54. The van der Waals surface area contributed by atoms with E-state index in [0.29, 0.717) is 6.42 Å². The molecule has 0 radical (unpaired) electrons. The van der Waals surface area contributed by atoms with E-state index in [4.69, 9.17) is 8.85 Å². The third-order valence-corrected chi connectivity index (χ3v) is 11.0. The fraction of sp³-hybridized carbons (Fsp3) is 0.696. The van der Waals surface area contributed by atoms with Gasteiger partial charge < -0.3 is 14.0 Å². The molecule has 3 atom stereocenters. The van der Waals surface area contributed by atoms with E-state index in [0.717, 1.165) is 18.4 Å². The summed E-state index contributed by atoms with van der Waals surface area (Å²) in [5.41, 5.74) is 0.781. The van der Waals surface area contributed by atoms with E-state index in [-0.39, 0.29) is 34.5 Å². The smallest absolute Gasteiger partial charge is 0.349 e. The van der Waals surface area contributed by atoms with Crippen LogP contribution in [0.15, 0.2) is 30.3 Å². The van der Waals surface area contributed by atoms with Crippen molar-refractivity contribution in [2.24, 2.45) is 0 Å². The molecule has 0 aliphatic carbocycles. The molecule has 1 saturated heterocycles. The van der Waals surface area contributed by atoms with Crippen LogP contribution < -0.4 is 0 Å². The lowest BCUT2D eigenvalue weighted by Crippen LogP contribution is -2.63. The SMILES string of the molecule is CC[C@@H]1C[C@@H](CC(=O)C[C@@H](O)c2ccccc2)O[Si](C(C)(C)C)(C(C)(C)C)O1. The summed E-state index contributed by atoms with van der Waals surface area (Å²) in [7, 11) is -2.62. The first-order valence-electron chi connectivity index (χ1n) is 10.5. The van der Waals surface area contributed by atoms with Crippen LogP contribution in [0.3, 0.4) is 0 Å². The summed E-state index contributed by atoms with van der Waals surface area (Å²) >= 11 is 0. The zero-order valence-corrected chi connectivity index (χ0v) is 19.6. The average molecular weight is 407 g/mol. The first-order valence-corrected chi connectivity index (χ1v) is 12.3. The Kier molecular flexibility index (Phi) is 7.30. The molecule has 1 aromatic carbocycles. The van der Waals surface area contributed by atoms with Gasteiger partial charge in [-0.15, -0.1) is 0 Å². The Morgan fingerprint density at radius 2 is 1.61 bits per heavy atom. The lowest BCUT2D eigenvalue weighted by molar-refractivity contribution is -0.124. The van der Waals surface area contributed by atoms with E-state index in [1.165, 1.54) is 0 Å². The second kappa shape index (κ2) is 8.78. The molecule has 1 aliphatic heterocycles. The molecule has 4 nitrogen and oxygen atoms in total. The maximum absolute atomic E-state index is 12.7. The number of rotatable bonds is 6. The van der Waals surface area contributed by atoms with Gasteiger partial charge in [-0.05, 0) is 18.4 Å². The number of hydrogen-bond acceptors (Lipinski definition) is 4. The van der Waals surface area contributed by atoms with Gasteiger partial charge in [-0.3, -0.25) is 4.79 Å². The molecule has 2 rings (SSSR count). The van der Waals surface area contributed by atoms with Crippen LogP contribution in [-0.2, 0) is 13.6 Å². The summed E-state index contributed by atoms with van der Waals surface area (Å²) in [5.74, 6) is 0.0452. The number of aliphatic hydroxyl groups excluding tert-OH is 1. The number of Topliss-reactive ketones (excluding diaryl/α,β-unsaturated/α-hetero) is 1. The van der Waals surface area contributed by atoms with E-state index in [1.807, 2.05) is 30.3 Å². The van der Waals surface area contributed by atoms with E-state index in [1.54, 1.807) is 0 Å². The number of benzene rings is 1. The fourth-order valence-electron chi connectivity index (χ4n) is 4.44. The zero-order chi connectivity index (χ0) is 21.2. The summed E-state index contributed by atoms with van der Waals surface area (Å²) in [5, 5.41) is 10.2. The minimum atomic E-state index is -2.62. The Bertz CT molecular complexity index is 631. The van der Waals surface area contributed by atoms with Crippen LogP contribution in [0.2, 0.25) is 10.1 Å². The van der Waals surface area contributed by atoms with Gasteiger partial charge in [-0.2, -0.15) is 0 Å². The lowest BCUT2D eigenvalue weighted by Gasteiger charge is -2.55. The highest BCUT2D eigenvalue weighted by Gasteiger charge is 2.61. The number of carbonyl (C=O) groups excluding carboxylic acids is 1. The second-order valence-electron chi connectivity index (χ2n) is 10.1. The topological polar surface area (TPSA) is 55.8 Å². The van der Waals surface area contributed by atoms with Crippen LogP contribution in [0.1, 0.15) is 85.8 Å². The summed E-state index contributed by atoms with van der Waals surface area (Å²) < 4.78 is 13.4. The predicted molar refractivity (Wildman–Crippen MR) is 115 cm³/mol. The Balaban J connectivity index is 2.15. The van der Waals surface area contributed by atoms with Crippen molar-refractivity contribution in [3.8, 4) is 0 Å². The number of carbonyl (C=O) groups is 1. The molecule has 0 spiro atoms. The first-order chi connectivity index (χ1) is 12.9. The average Bonchev–Trinajstić information content (AvgIpc) is 2.60. The van der Waals surface area contributed by atoms with Crippen molar-refractivity contribution in [2.45, 2.75) is 103 Å². The maximum Gasteiger partial charge on any atom is 0.349 e. The molecule has 1 fully saturated rings. The van der Waals surface area contributed by atoms with Gasteiger partial charge in [0, 0.05) is 29.0 Å². The van der Waals surface area contributed by atoms with Crippen molar-refractivity contribution >= 4 is 14.3 Å². The van der Waals surface area contributed by atoms with Gasteiger partial charge in [-0.1, -0.05) is 78.8 Å². The van der Waals surface area contributed by atoms with Crippen LogP contribution in [0, 0.1) is 0 Å². The predicted octanol–water partition coefficient (Wildman–Crippen LogP) is 5.70. The van der Waals surface area contributed by atoms with Crippen LogP contribution in [0.4, 0.5) is 0 Å². The summed E-state index contributed by atoms with van der Waals surface area (Å²) in [4.78, 5) is 12.7. The Morgan fingerprint density at radius 1 is 1.07 bits per heavy atom. The first kappa shape index (κ1) is 23.3. The van der Waals surface area contributed by atoms with Crippen LogP contribution in [0.25, 0.3) is 0 Å². The minimum Gasteiger partial charge on any atom is -0.390 e. The molecular formula is C23H38O4Si. The van der Waals surface area contributed by atoms with Crippen molar-refractivity contribution in [3.63, 3.8) is 0 Å². The van der Waals surface area contributed by atoms with Crippen LogP contribution in [-0.4, -0.2) is 31.7 Å². The summed E-state index contributed by atoms with van der Waals surface area (Å²) in [6.07, 6.45) is 1.34. The van der Waals surface area contributed by atoms with Crippen LogP contribution >= 0.6 is 0 Å². The maximum atomic E-state index is 12.7. The third kappa shape index (κ3) is 5.12. The summed E-state index contributed by atoms with van der Waals surface area (Å²) in [6.45, 7) is 15.3. The molecule has 0 saturated carbocycles. The number of hydrogen-bond donors (Lipinski definition) is 1. The molecule has 0 amide bonds. The molecule has 1 heterocycles. The third-order valence-electron chi connectivity index (χ3n) is 5.68. The normalized spacial score (nSPS) is 24.0. The number of ketones is 1. The second-order valence-corrected chi connectivity index (χ2v) is 14.8. The van der Waals surface area contributed by atoms with Gasteiger partial charge in [0.25, 0.3) is 0 Å². The van der Waals surface area contributed by atoms with Crippen molar-refractivity contribution in [2.75, 3.05) is 0 Å². The molecular weight excluding hydrogens is 368 g/mol. The monoisotopic (exact) mass is 406 g/mol. The van der Waals surface area contributed by atoms with Gasteiger partial charge in [0.1, 0.15) is 5.78 Å². The number of aliphatic hydroxyl groups is 1. The largest absolute Gasteiger partial charge is 0.390 e. The molecule has 28 heavy (non-hydrogen) atoms. The van der Waals surface area contributed by atoms with E-state index < -0.39 is 14.7 Å². The van der Waals surface area contributed by atoms with Gasteiger partial charge >= 0.3 is 8.56 Å².